The number of hydrogen-bond acceptors (Lipinski definition) is 13. The van der Waals surface area contributed by atoms with E-state index in [1.807, 2.05) is 0 Å². The van der Waals surface area contributed by atoms with E-state index >= 15 is 0 Å². The molecule has 2 fully saturated rings. The number of carbonyl (C=O) groups is 7. The highest BCUT2D eigenvalue weighted by molar-refractivity contribution is 5.99. The summed E-state index contributed by atoms with van der Waals surface area (Å²) in [5, 5.41) is 39.6. The molecule has 0 saturated carbocycles. The standard InChI is InChI=1S/C46H63N5O12/c1-28(2)40-43(58)47-36(27-32-15-12-16-33(53)26-32)44(59)51-24-13-17-35(49-51)45(60)63-38(29(3)14-11-20-39(55)50-23-9-10-25-62-46(50)61)19-8-6-7-18-37(54)31(5)41(56)34(42(57)48-40)22-21-30(4)52/h6-8,11-12,14-16,18,20,26,28,31,34-38,40-41,49,53-54,56H,9-10,13,17,19,21-25,27H2,1-5H3,(H,47,58)(H,48,57)/b8-6+,18-7+,20-11+,29-14+/t31-,34+,35?,36-,37-,38-,40-,41+/m0/s1. The van der Waals surface area contributed by atoms with E-state index in [4.69, 9.17) is 9.47 Å². The van der Waals surface area contributed by atoms with Crippen LogP contribution in [0.1, 0.15) is 85.1 Å². The molecule has 17 heteroatoms. The van der Waals surface area contributed by atoms with Crippen molar-refractivity contribution in [2.45, 2.75) is 122 Å². The number of benzene rings is 1. The molecule has 3 aliphatic rings. The lowest BCUT2D eigenvalue weighted by Gasteiger charge is -2.36. The zero-order valence-electron chi connectivity index (χ0n) is 36.7. The molecule has 1 unspecified atom stereocenters. The highest BCUT2D eigenvalue weighted by Gasteiger charge is 2.39. The summed E-state index contributed by atoms with van der Waals surface area (Å²) in [5.41, 5.74) is 4.03. The zero-order valence-corrected chi connectivity index (χ0v) is 36.7. The number of phenols is 1. The van der Waals surface area contributed by atoms with Crippen LogP contribution in [-0.4, -0.2) is 123 Å². The van der Waals surface area contributed by atoms with Gasteiger partial charge >= 0.3 is 12.1 Å². The fraction of sp³-hybridized carbons (Fsp3) is 0.543. The van der Waals surface area contributed by atoms with Crippen LogP contribution >= 0.6 is 0 Å². The van der Waals surface area contributed by atoms with Crippen molar-refractivity contribution in [2.24, 2.45) is 17.8 Å². The zero-order chi connectivity index (χ0) is 46.2. The molecule has 0 radical (unpaired) electrons. The smallest absolute Gasteiger partial charge is 0.416 e. The molecule has 2 bridgehead atoms. The Hall–Kier alpha value is -5.65. The number of carbonyl (C=O) groups excluding carboxylic acids is 7. The van der Waals surface area contributed by atoms with E-state index in [2.05, 4.69) is 16.1 Å². The molecule has 344 valence electrons. The molecule has 5 amide bonds. The number of allylic oxidation sites excluding steroid dienone is 4. The van der Waals surface area contributed by atoms with Gasteiger partial charge in [0.15, 0.2) is 0 Å². The normalized spacial score (nSPS) is 28.8. The first kappa shape index (κ1) is 50.0. The average Bonchev–Trinajstić information content (AvgIpc) is 3.47. The third-order valence-electron chi connectivity index (χ3n) is 11.3. The molecule has 63 heavy (non-hydrogen) atoms. The van der Waals surface area contributed by atoms with E-state index in [-0.39, 0.29) is 56.9 Å². The molecular formula is C46H63N5O12. The number of fused-ring (bicyclic) bond motifs is 2. The SMILES string of the molecule is CC(=O)CC[C@H]1C(=O)N[C@@H](C(C)C)C(=O)N[C@@H](Cc2cccc(O)c2)C(=O)N2CCCC(N2)C(=O)O[C@H](/C(C)=C/C=C/C(=O)N2CCCCOC2=O)C/C=C/C=C/[C@H](O)[C@H](C)[C@H]1O. The number of nitrogens with zero attached hydrogens (tertiary/aromatic N) is 2. The van der Waals surface area contributed by atoms with Crippen molar-refractivity contribution in [3.8, 4) is 5.75 Å². The van der Waals surface area contributed by atoms with Gasteiger partial charge in [0.2, 0.25) is 11.8 Å². The van der Waals surface area contributed by atoms with Gasteiger partial charge in [-0.25, -0.2) is 15.1 Å². The van der Waals surface area contributed by atoms with E-state index in [1.165, 1.54) is 42.3 Å². The first-order chi connectivity index (χ1) is 30.0. The van der Waals surface area contributed by atoms with Crippen LogP contribution in [0.5, 0.6) is 5.75 Å². The van der Waals surface area contributed by atoms with Crippen molar-refractivity contribution in [2.75, 3.05) is 19.7 Å². The van der Waals surface area contributed by atoms with E-state index in [0.29, 0.717) is 36.8 Å². The number of Topliss-reactive ketones (excluding diaryl/α,β-unsaturated/α-hetero) is 1. The Balaban J connectivity index is 1.70. The van der Waals surface area contributed by atoms with Crippen molar-refractivity contribution in [3.63, 3.8) is 0 Å². The van der Waals surface area contributed by atoms with E-state index in [9.17, 15) is 48.9 Å². The summed E-state index contributed by atoms with van der Waals surface area (Å²) in [6.45, 7) is 8.65. The maximum absolute atomic E-state index is 14.4. The molecule has 6 N–H and O–H groups in total. The second-order valence-corrected chi connectivity index (χ2v) is 16.7. The van der Waals surface area contributed by atoms with Gasteiger partial charge in [0.25, 0.3) is 11.8 Å². The van der Waals surface area contributed by atoms with Gasteiger partial charge in [-0.05, 0) is 75.1 Å². The molecule has 3 aliphatic heterocycles. The van der Waals surface area contributed by atoms with E-state index in [0.717, 1.165) is 4.90 Å². The number of cyclic esters (lactones) is 2. The number of aliphatic hydroxyl groups excluding tert-OH is 2. The van der Waals surface area contributed by atoms with Crippen LogP contribution in [0, 0.1) is 17.8 Å². The van der Waals surface area contributed by atoms with Crippen molar-refractivity contribution in [3.05, 3.63) is 77.9 Å². The average molecular weight is 878 g/mol. The van der Waals surface area contributed by atoms with Gasteiger partial charge in [-0.2, -0.15) is 0 Å². The molecule has 2 saturated heterocycles. The fourth-order valence-corrected chi connectivity index (χ4v) is 7.43. The molecule has 1 aromatic rings. The highest BCUT2D eigenvalue weighted by atomic mass is 16.6. The number of imide groups is 1. The first-order valence-corrected chi connectivity index (χ1v) is 21.7. The minimum atomic E-state index is -1.44. The Kier molecular flexibility index (Phi) is 19.3. The molecule has 17 nitrogen and oxygen atoms in total. The van der Waals surface area contributed by atoms with Crippen molar-refractivity contribution >= 4 is 41.5 Å². The third kappa shape index (κ3) is 15.0. The molecule has 3 heterocycles. The number of hydrogen-bond donors (Lipinski definition) is 6. The molecule has 8 atom stereocenters. The predicted molar refractivity (Wildman–Crippen MR) is 231 cm³/mol. The number of amides is 5. The van der Waals surface area contributed by atoms with Gasteiger partial charge in [0.1, 0.15) is 35.8 Å². The maximum Gasteiger partial charge on any atom is 0.416 e. The van der Waals surface area contributed by atoms with Crippen LogP contribution in [0.4, 0.5) is 4.79 Å². The summed E-state index contributed by atoms with van der Waals surface area (Å²) in [7, 11) is 0. The van der Waals surface area contributed by atoms with Crippen molar-refractivity contribution in [1.29, 1.82) is 0 Å². The summed E-state index contributed by atoms with van der Waals surface area (Å²) in [4.78, 5) is 94.4. The molecule has 0 spiro atoms. The van der Waals surface area contributed by atoms with Crippen LogP contribution in [0.2, 0.25) is 0 Å². The monoisotopic (exact) mass is 877 g/mol. The van der Waals surface area contributed by atoms with Gasteiger partial charge in [-0.15, -0.1) is 0 Å². The second-order valence-electron chi connectivity index (χ2n) is 16.7. The lowest BCUT2D eigenvalue weighted by molar-refractivity contribution is -0.156. The molecule has 4 rings (SSSR count). The molecule has 0 aromatic heterocycles. The van der Waals surface area contributed by atoms with Crippen molar-refractivity contribution < 1.29 is 58.4 Å². The Morgan fingerprint density at radius 2 is 1.75 bits per heavy atom. The summed E-state index contributed by atoms with van der Waals surface area (Å²) in [5.74, 6) is -6.13. The lowest BCUT2D eigenvalue weighted by atomic mass is 9.84. The topological polar surface area (TPSA) is 241 Å². The minimum absolute atomic E-state index is 0.0435. The Bertz CT molecular complexity index is 1930. The first-order valence-electron chi connectivity index (χ1n) is 21.7. The van der Waals surface area contributed by atoms with Gasteiger partial charge in [-0.1, -0.05) is 69.4 Å². The summed E-state index contributed by atoms with van der Waals surface area (Å²) in [6, 6.07) is 2.78. The van der Waals surface area contributed by atoms with Gasteiger partial charge in [0.05, 0.1) is 24.7 Å². The Morgan fingerprint density at radius 3 is 2.46 bits per heavy atom. The lowest BCUT2D eigenvalue weighted by Crippen LogP contribution is -2.62. The van der Waals surface area contributed by atoms with Crippen LogP contribution in [0.3, 0.4) is 0 Å². The number of phenolic OH excluding ortho intramolecular Hbond substituents is 1. The minimum Gasteiger partial charge on any atom is -0.508 e. The van der Waals surface area contributed by atoms with Crippen LogP contribution in [0.25, 0.3) is 0 Å². The quantitative estimate of drug-likeness (QED) is 0.119. The third-order valence-corrected chi connectivity index (χ3v) is 11.3. The second kappa shape index (κ2) is 24.3. The summed E-state index contributed by atoms with van der Waals surface area (Å²) in [6.07, 6.45) is 8.20. The van der Waals surface area contributed by atoms with Crippen LogP contribution in [-0.2, 0) is 44.7 Å². The number of aromatic hydroxyl groups is 1. The number of ketones is 1. The maximum atomic E-state index is 14.4. The number of aliphatic hydroxyl groups is 2. The summed E-state index contributed by atoms with van der Waals surface area (Å²) < 4.78 is 11.1. The van der Waals surface area contributed by atoms with Gasteiger partial charge in [0, 0.05) is 44.3 Å². The number of ether oxygens (including phenoxy) is 2. The number of rotatable bonds is 9. The fourth-order valence-electron chi connectivity index (χ4n) is 7.43. The number of hydrazine groups is 1. The highest BCUT2D eigenvalue weighted by Crippen LogP contribution is 2.24. The van der Waals surface area contributed by atoms with E-state index in [1.54, 1.807) is 64.1 Å². The molecular weight excluding hydrogens is 815 g/mol. The summed E-state index contributed by atoms with van der Waals surface area (Å²) >= 11 is 0. The van der Waals surface area contributed by atoms with E-state index < -0.39 is 89.9 Å². The van der Waals surface area contributed by atoms with Crippen LogP contribution < -0.4 is 16.1 Å². The molecule has 0 aliphatic carbocycles. The van der Waals surface area contributed by atoms with Crippen LogP contribution in [0.15, 0.2) is 72.4 Å². The largest absolute Gasteiger partial charge is 0.508 e. The Morgan fingerprint density at radius 1 is 0.984 bits per heavy atom. The van der Waals surface area contributed by atoms with Crippen molar-refractivity contribution in [1.82, 2.24) is 26.0 Å². The van der Waals surface area contributed by atoms with Gasteiger partial charge in [-0.3, -0.25) is 29.0 Å². The predicted octanol–water partition coefficient (Wildman–Crippen LogP) is 3.09. The number of esters is 1. The number of nitrogens with one attached hydrogen (secondary N) is 3. The Labute approximate surface area is 368 Å². The van der Waals surface area contributed by atoms with Gasteiger partial charge < -0.3 is 40.2 Å². The molecule has 1 aromatic carbocycles.